The standard InChI is InChI=1S/C23H21ClN2O4S2/c1-2-30-21-6-4-3-5-17(21)14-25-32(28,29)19-11-12-20-22(13-19)31-23(27)26(20)15-16-7-9-18(24)10-8-16/h3-13,25H,2,14-15H2,1H3. The number of nitrogens with one attached hydrogen (secondary N) is 1. The summed E-state index contributed by atoms with van der Waals surface area (Å²) in [5.74, 6) is 0.644. The van der Waals surface area contributed by atoms with E-state index < -0.39 is 10.0 Å². The number of fused-ring (bicyclic) bond motifs is 1. The lowest BCUT2D eigenvalue weighted by Crippen LogP contribution is -2.23. The van der Waals surface area contributed by atoms with E-state index in [4.69, 9.17) is 16.3 Å². The van der Waals surface area contributed by atoms with E-state index in [-0.39, 0.29) is 16.3 Å². The van der Waals surface area contributed by atoms with E-state index >= 15 is 0 Å². The molecule has 0 unspecified atom stereocenters. The van der Waals surface area contributed by atoms with E-state index in [9.17, 15) is 13.2 Å². The van der Waals surface area contributed by atoms with Crippen LogP contribution in [0.1, 0.15) is 18.1 Å². The first-order valence-corrected chi connectivity index (χ1v) is 12.6. The Bertz CT molecular complexity index is 1410. The Morgan fingerprint density at radius 2 is 1.81 bits per heavy atom. The first-order chi connectivity index (χ1) is 15.4. The van der Waals surface area contributed by atoms with E-state index in [1.165, 1.54) is 12.1 Å². The fourth-order valence-electron chi connectivity index (χ4n) is 3.34. The zero-order valence-electron chi connectivity index (χ0n) is 17.2. The van der Waals surface area contributed by atoms with Gasteiger partial charge in [-0.3, -0.25) is 9.36 Å². The molecule has 6 nitrogen and oxygen atoms in total. The Hall–Kier alpha value is -2.65. The number of thiazole rings is 1. The molecule has 0 aliphatic heterocycles. The quantitative estimate of drug-likeness (QED) is 0.392. The highest BCUT2D eigenvalue weighted by molar-refractivity contribution is 7.89. The Balaban J connectivity index is 1.58. The zero-order valence-corrected chi connectivity index (χ0v) is 19.6. The number of sulfonamides is 1. The molecule has 0 spiro atoms. The van der Waals surface area contributed by atoms with Gasteiger partial charge in [0.2, 0.25) is 10.0 Å². The van der Waals surface area contributed by atoms with Gasteiger partial charge in [0.15, 0.2) is 0 Å². The molecule has 166 valence electrons. The van der Waals surface area contributed by atoms with Crippen LogP contribution in [0.4, 0.5) is 0 Å². The van der Waals surface area contributed by atoms with Crippen LogP contribution >= 0.6 is 22.9 Å². The summed E-state index contributed by atoms with van der Waals surface area (Å²) in [6.45, 7) is 2.85. The van der Waals surface area contributed by atoms with Gasteiger partial charge in [-0.25, -0.2) is 13.1 Å². The number of hydrogen-bond acceptors (Lipinski definition) is 5. The summed E-state index contributed by atoms with van der Waals surface area (Å²) in [6.07, 6.45) is 0. The van der Waals surface area contributed by atoms with Crippen molar-refractivity contribution in [2.45, 2.75) is 24.9 Å². The van der Waals surface area contributed by atoms with Crippen LogP contribution in [-0.4, -0.2) is 19.6 Å². The van der Waals surface area contributed by atoms with Gasteiger partial charge in [-0.1, -0.05) is 53.3 Å². The summed E-state index contributed by atoms with van der Waals surface area (Å²) >= 11 is 6.96. The second kappa shape index (κ2) is 9.46. The monoisotopic (exact) mass is 488 g/mol. The lowest BCUT2D eigenvalue weighted by molar-refractivity contribution is 0.336. The minimum Gasteiger partial charge on any atom is -0.494 e. The van der Waals surface area contributed by atoms with Gasteiger partial charge in [0.1, 0.15) is 5.75 Å². The molecule has 4 rings (SSSR count). The van der Waals surface area contributed by atoms with Crippen LogP contribution in [0.25, 0.3) is 10.2 Å². The Morgan fingerprint density at radius 3 is 2.56 bits per heavy atom. The molecule has 9 heteroatoms. The van der Waals surface area contributed by atoms with E-state index in [1.54, 1.807) is 28.8 Å². The Labute approximate surface area is 195 Å². The van der Waals surface area contributed by atoms with Crippen molar-refractivity contribution >= 4 is 43.2 Å². The van der Waals surface area contributed by atoms with Gasteiger partial charge in [0.25, 0.3) is 0 Å². The normalized spacial score (nSPS) is 11.7. The number of aromatic nitrogens is 1. The van der Waals surface area contributed by atoms with E-state index in [2.05, 4.69) is 4.72 Å². The molecule has 1 aromatic heterocycles. The molecule has 3 aromatic carbocycles. The summed E-state index contributed by atoms with van der Waals surface area (Å²) in [7, 11) is -3.77. The molecule has 1 heterocycles. The predicted molar refractivity (Wildman–Crippen MR) is 128 cm³/mol. The van der Waals surface area contributed by atoms with Gasteiger partial charge in [-0.05, 0) is 48.9 Å². The molecule has 0 aliphatic rings. The molecule has 4 aromatic rings. The van der Waals surface area contributed by atoms with Crippen molar-refractivity contribution in [3.05, 3.63) is 92.5 Å². The summed E-state index contributed by atoms with van der Waals surface area (Å²) in [5.41, 5.74) is 2.37. The van der Waals surface area contributed by atoms with E-state index in [0.717, 1.165) is 22.5 Å². The molecule has 0 bridgehead atoms. The van der Waals surface area contributed by atoms with Crippen molar-refractivity contribution in [2.75, 3.05) is 6.61 Å². The fraction of sp³-hybridized carbons (Fsp3) is 0.174. The molecule has 1 N–H and O–H groups in total. The largest absolute Gasteiger partial charge is 0.494 e. The summed E-state index contributed by atoms with van der Waals surface area (Å²) in [5, 5.41) is 0.627. The second-order valence-corrected chi connectivity index (χ2v) is 10.3. The van der Waals surface area contributed by atoms with Crippen molar-refractivity contribution in [1.29, 1.82) is 0 Å². The van der Waals surface area contributed by atoms with Crippen LogP contribution in [0.5, 0.6) is 5.75 Å². The van der Waals surface area contributed by atoms with Gasteiger partial charge in [0.05, 0.1) is 28.3 Å². The number of halogens is 1. The number of ether oxygens (including phenoxy) is 1. The van der Waals surface area contributed by atoms with E-state index in [0.29, 0.717) is 34.1 Å². The van der Waals surface area contributed by atoms with Crippen LogP contribution in [0, 0.1) is 0 Å². The van der Waals surface area contributed by atoms with Crippen LogP contribution in [0.15, 0.2) is 76.4 Å². The third kappa shape index (κ3) is 4.88. The lowest BCUT2D eigenvalue weighted by Gasteiger charge is -2.11. The molecule has 0 radical (unpaired) electrons. The zero-order chi connectivity index (χ0) is 22.7. The molecular formula is C23H21ClN2O4S2. The van der Waals surface area contributed by atoms with Crippen LogP contribution in [0.2, 0.25) is 5.02 Å². The fourth-order valence-corrected chi connectivity index (χ4v) is 5.50. The van der Waals surface area contributed by atoms with Crippen LogP contribution in [-0.2, 0) is 23.1 Å². The molecule has 32 heavy (non-hydrogen) atoms. The minimum absolute atomic E-state index is 0.102. The molecule has 0 saturated carbocycles. The highest BCUT2D eigenvalue weighted by atomic mass is 35.5. The minimum atomic E-state index is -3.77. The van der Waals surface area contributed by atoms with Crippen LogP contribution < -0.4 is 14.3 Å². The Kier molecular flexibility index (Phi) is 6.66. The number of rotatable bonds is 8. The average molecular weight is 489 g/mol. The molecular weight excluding hydrogens is 468 g/mol. The van der Waals surface area contributed by atoms with Crippen molar-refractivity contribution in [3.8, 4) is 5.75 Å². The highest BCUT2D eigenvalue weighted by Crippen LogP contribution is 2.24. The van der Waals surface area contributed by atoms with Crippen molar-refractivity contribution in [2.24, 2.45) is 0 Å². The number of nitrogens with zero attached hydrogens (tertiary/aromatic N) is 1. The van der Waals surface area contributed by atoms with Gasteiger partial charge in [0, 0.05) is 17.1 Å². The van der Waals surface area contributed by atoms with Crippen molar-refractivity contribution in [3.63, 3.8) is 0 Å². The number of hydrogen-bond donors (Lipinski definition) is 1. The highest BCUT2D eigenvalue weighted by Gasteiger charge is 2.18. The second-order valence-electron chi connectivity index (χ2n) is 7.08. The molecule has 0 saturated heterocycles. The van der Waals surface area contributed by atoms with Gasteiger partial charge < -0.3 is 4.74 Å². The van der Waals surface area contributed by atoms with Gasteiger partial charge in [-0.15, -0.1) is 0 Å². The number of para-hydroxylation sites is 1. The molecule has 0 amide bonds. The first-order valence-electron chi connectivity index (χ1n) is 9.95. The predicted octanol–water partition coefficient (Wildman–Crippen LogP) is 4.64. The third-order valence-electron chi connectivity index (χ3n) is 4.93. The maximum atomic E-state index is 12.9. The molecule has 0 fully saturated rings. The van der Waals surface area contributed by atoms with Crippen LogP contribution in [0.3, 0.4) is 0 Å². The van der Waals surface area contributed by atoms with E-state index in [1.807, 2.05) is 37.3 Å². The van der Waals surface area contributed by atoms with Crippen molar-refractivity contribution in [1.82, 2.24) is 9.29 Å². The lowest BCUT2D eigenvalue weighted by atomic mass is 10.2. The molecule has 0 aliphatic carbocycles. The first kappa shape index (κ1) is 22.5. The topological polar surface area (TPSA) is 77.4 Å². The maximum absolute atomic E-state index is 12.9. The summed E-state index contributed by atoms with van der Waals surface area (Å²) < 4.78 is 36.2. The maximum Gasteiger partial charge on any atom is 0.308 e. The molecule has 0 atom stereocenters. The van der Waals surface area contributed by atoms with Crippen molar-refractivity contribution < 1.29 is 13.2 Å². The summed E-state index contributed by atoms with van der Waals surface area (Å²) in [4.78, 5) is 12.5. The third-order valence-corrected chi connectivity index (χ3v) is 7.52. The summed E-state index contributed by atoms with van der Waals surface area (Å²) in [6, 6.07) is 19.3. The Morgan fingerprint density at radius 1 is 1.06 bits per heavy atom. The van der Waals surface area contributed by atoms with Gasteiger partial charge >= 0.3 is 4.87 Å². The van der Waals surface area contributed by atoms with Gasteiger partial charge in [-0.2, -0.15) is 0 Å². The smallest absolute Gasteiger partial charge is 0.308 e. The number of benzene rings is 3. The average Bonchev–Trinajstić information content (AvgIpc) is 3.09. The SMILES string of the molecule is CCOc1ccccc1CNS(=O)(=O)c1ccc2c(c1)sc(=O)n2Cc1ccc(Cl)cc1.